The lowest BCUT2D eigenvalue weighted by atomic mass is 10.2. The third-order valence-electron chi connectivity index (χ3n) is 2.25. The highest BCUT2D eigenvalue weighted by Crippen LogP contribution is 2.31. The highest BCUT2D eigenvalue weighted by Gasteiger charge is 2.16. The normalized spacial score (nSPS) is 12.2. The number of nitro groups is 1. The van der Waals surface area contributed by atoms with Crippen molar-refractivity contribution in [1.82, 2.24) is 0 Å². The monoisotopic (exact) mass is 243 g/mol. The van der Waals surface area contributed by atoms with Gasteiger partial charge in [0.15, 0.2) is 0 Å². The van der Waals surface area contributed by atoms with Crippen LogP contribution in [0, 0.1) is 10.1 Å². The van der Waals surface area contributed by atoms with E-state index in [1.54, 1.807) is 12.1 Å². The molecular formula is C10H14ClN3O2. The van der Waals surface area contributed by atoms with Crippen LogP contribution < -0.4 is 11.1 Å². The van der Waals surface area contributed by atoms with Crippen molar-refractivity contribution >= 4 is 23.0 Å². The second kappa shape index (κ2) is 5.67. The topological polar surface area (TPSA) is 81.2 Å². The first kappa shape index (κ1) is 12.7. The highest BCUT2D eigenvalue weighted by molar-refractivity contribution is 6.33. The van der Waals surface area contributed by atoms with Crippen molar-refractivity contribution < 1.29 is 4.92 Å². The molecule has 0 radical (unpaired) electrons. The van der Waals surface area contributed by atoms with Crippen LogP contribution in [-0.4, -0.2) is 17.5 Å². The van der Waals surface area contributed by atoms with Gasteiger partial charge in [-0.05, 0) is 12.5 Å². The third-order valence-corrected chi connectivity index (χ3v) is 2.57. The van der Waals surface area contributed by atoms with Gasteiger partial charge in [0.05, 0.1) is 9.95 Å². The Bertz CT molecular complexity index is 384. The molecule has 1 unspecified atom stereocenters. The lowest BCUT2D eigenvalue weighted by molar-refractivity contribution is -0.383. The fourth-order valence-corrected chi connectivity index (χ4v) is 1.45. The summed E-state index contributed by atoms with van der Waals surface area (Å²) in [5.41, 5.74) is 6.02. The molecule has 0 amide bonds. The average Bonchev–Trinajstić information content (AvgIpc) is 2.26. The molecule has 3 N–H and O–H groups in total. The van der Waals surface area contributed by atoms with Crippen molar-refractivity contribution in [2.24, 2.45) is 5.73 Å². The van der Waals surface area contributed by atoms with Crippen molar-refractivity contribution in [3.63, 3.8) is 0 Å². The van der Waals surface area contributed by atoms with E-state index in [0.29, 0.717) is 17.3 Å². The summed E-state index contributed by atoms with van der Waals surface area (Å²) in [5.74, 6) is 0. The molecule has 88 valence electrons. The minimum atomic E-state index is -0.467. The van der Waals surface area contributed by atoms with Crippen molar-refractivity contribution in [3.05, 3.63) is 33.3 Å². The van der Waals surface area contributed by atoms with E-state index in [0.717, 1.165) is 6.42 Å². The van der Waals surface area contributed by atoms with Gasteiger partial charge in [0.25, 0.3) is 5.69 Å². The average molecular weight is 244 g/mol. The summed E-state index contributed by atoms with van der Waals surface area (Å²) in [6, 6.07) is 4.52. The van der Waals surface area contributed by atoms with Crippen LogP contribution in [0.5, 0.6) is 0 Å². The molecule has 1 rings (SSSR count). The van der Waals surface area contributed by atoms with Gasteiger partial charge in [-0.25, -0.2) is 0 Å². The second-order valence-electron chi connectivity index (χ2n) is 3.44. The molecule has 1 aromatic carbocycles. The number of rotatable bonds is 5. The van der Waals surface area contributed by atoms with Crippen molar-refractivity contribution in [3.8, 4) is 0 Å². The molecular weight excluding hydrogens is 230 g/mol. The molecule has 0 fully saturated rings. The molecule has 0 saturated carbocycles. The Morgan fingerprint density at radius 3 is 2.88 bits per heavy atom. The fourth-order valence-electron chi connectivity index (χ4n) is 1.22. The van der Waals surface area contributed by atoms with Gasteiger partial charge in [-0.1, -0.05) is 24.6 Å². The standard InChI is InChI=1S/C10H14ClN3O2/c1-2-7(12)6-13-10-8(11)4-3-5-9(10)14(15)16/h3-5,7,13H,2,6,12H2,1H3. The summed E-state index contributed by atoms with van der Waals surface area (Å²) >= 11 is 5.89. The summed E-state index contributed by atoms with van der Waals surface area (Å²) in [6.07, 6.45) is 0.797. The third kappa shape index (κ3) is 3.08. The molecule has 1 aromatic rings. The Labute approximate surface area is 98.7 Å². The molecule has 5 nitrogen and oxygen atoms in total. The molecule has 16 heavy (non-hydrogen) atoms. The molecule has 0 bridgehead atoms. The molecule has 0 saturated heterocycles. The second-order valence-corrected chi connectivity index (χ2v) is 3.85. The Balaban J connectivity index is 2.88. The quantitative estimate of drug-likeness (QED) is 0.615. The van der Waals surface area contributed by atoms with Crippen LogP contribution in [0.1, 0.15) is 13.3 Å². The van der Waals surface area contributed by atoms with E-state index in [1.165, 1.54) is 6.07 Å². The van der Waals surface area contributed by atoms with Gasteiger partial charge in [-0.3, -0.25) is 10.1 Å². The SMILES string of the molecule is CCC(N)CNc1c(Cl)cccc1[N+](=O)[O-]. The number of nitrogens with zero attached hydrogens (tertiary/aromatic N) is 1. The molecule has 0 heterocycles. The maximum Gasteiger partial charge on any atom is 0.293 e. The summed E-state index contributed by atoms with van der Waals surface area (Å²) in [7, 11) is 0. The zero-order chi connectivity index (χ0) is 12.1. The van der Waals surface area contributed by atoms with Gasteiger partial charge in [-0.2, -0.15) is 0 Å². The van der Waals surface area contributed by atoms with E-state index in [4.69, 9.17) is 17.3 Å². The number of nitrogens with two attached hydrogens (primary N) is 1. The number of benzene rings is 1. The van der Waals surface area contributed by atoms with Crippen LogP contribution in [-0.2, 0) is 0 Å². The summed E-state index contributed by atoms with van der Waals surface area (Å²) in [4.78, 5) is 10.3. The maximum atomic E-state index is 10.8. The Morgan fingerprint density at radius 2 is 2.31 bits per heavy atom. The summed E-state index contributed by atoms with van der Waals surface area (Å²) in [5, 5.41) is 14.0. The highest BCUT2D eigenvalue weighted by atomic mass is 35.5. The van der Waals surface area contributed by atoms with Gasteiger partial charge in [-0.15, -0.1) is 0 Å². The van der Waals surface area contributed by atoms with Crippen LogP contribution in [0.4, 0.5) is 11.4 Å². The van der Waals surface area contributed by atoms with Crippen LogP contribution in [0.15, 0.2) is 18.2 Å². The molecule has 6 heteroatoms. The molecule has 0 aliphatic carbocycles. The molecule has 0 spiro atoms. The van der Waals surface area contributed by atoms with E-state index in [-0.39, 0.29) is 11.7 Å². The van der Waals surface area contributed by atoms with E-state index >= 15 is 0 Å². The van der Waals surface area contributed by atoms with E-state index in [1.807, 2.05) is 6.92 Å². The largest absolute Gasteiger partial charge is 0.377 e. The number of para-hydroxylation sites is 1. The Morgan fingerprint density at radius 1 is 1.62 bits per heavy atom. The Hall–Kier alpha value is -1.33. The van der Waals surface area contributed by atoms with Gasteiger partial charge < -0.3 is 11.1 Å². The van der Waals surface area contributed by atoms with Crippen LogP contribution in [0.3, 0.4) is 0 Å². The number of nitrogens with one attached hydrogen (secondary N) is 1. The lowest BCUT2D eigenvalue weighted by Crippen LogP contribution is -2.28. The first-order valence-electron chi connectivity index (χ1n) is 4.98. The first-order chi connectivity index (χ1) is 7.56. The number of hydrogen-bond donors (Lipinski definition) is 2. The molecule has 0 aliphatic rings. The number of hydrogen-bond acceptors (Lipinski definition) is 4. The van der Waals surface area contributed by atoms with Gasteiger partial charge in [0.2, 0.25) is 0 Å². The minimum Gasteiger partial charge on any atom is -0.377 e. The van der Waals surface area contributed by atoms with Gasteiger partial charge in [0, 0.05) is 18.7 Å². The molecule has 1 atom stereocenters. The number of anilines is 1. The van der Waals surface area contributed by atoms with Crippen molar-refractivity contribution in [2.75, 3.05) is 11.9 Å². The fraction of sp³-hybridized carbons (Fsp3) is 0.400. The van der Waals surface area contributed by atoms with Crippen molar-refractivity contribution in [2.45, 2.75) is 19.4 Å². The van der Waals surface area contributed by atoms with Crippen LogP contribution in [0.2, 0.25) is 5.02 Å². The lowest BCUT2D eigenvalue weighted by Gasteiger charge is -2.12. The zero-order valence-electron chi connectivity index (χ0n) is 8.94. The zero-order valence-corrected chi connectivity index (χ0v) is 9.70. The summed E-state index contributed by atoms with van der Waals surface area (Å²) in [6.45, 7) is 2.41. The number of halogens is 1. The summed E-state index contributed by atoms with van der Waals surface area (Å²) < 4.78 is 0. The van der Waals surface area contributed by atoms with E-state index in [9.17, 15) is 10.1 Å². The predicted octanol–water partition coefficient (Wildman–Crippen LogP) is 2.40. The minimum absolute atomic E-state index is 0.0317. The van der Waals surface area contributed by atoms with Gasteiger partial charge in [0.1, 0.15) is 5.69 Å². The van der Waals surface area contributed by atoms with E-state index < -0.39 is 4.92 Å². The number of nitro benzene ring substituents is 1. The van der Waals surface area contributed by atoms with Crippen LogP contribution in [0.25, 0.3) is 0 Å². The first-order valence-corrected chi connectivity index (χ1v) is 5.36. The smallest absolute Gasteiger partial charge is 0.293 e. The van der Waals surface area contributed by atoms with Crippen LogP contribution >= 0.6 is 11.6 Å². The molecule has 0 aliphatic heterocycles. The molecule has 0 aromatic heterocycles. The van der Waals surface area contributed by atoms with Crippen molar-refractivity contribution in [1.29, 1.82) is 0 Å². The Kier molecular flexibility index (Phi) is 4.52. The van der Waals surface area contributed by atoms with Gasteiger partial charge >= 0.3 is 0 Å². The predicted molar refractivity (Wildman–Crippen MR) is 64.9 cm³/mol. The van der Waals surface area contributed by atoms with E-state index in [2.05, 4.69) is 5.32 Å². The maximum absolute atomic E-state index is 10.8.